The highest BCUT2D eigenvalue weighted by Gasteiger charge is 2.15. The van der Waals surface area contributed by atoms with Gasteiger partial charge in [-0.1, -0.05) is 12.1 Å². The Kier molecular flexibility index (Phi) is 3.70. The van der Waals surface area contributed by atoms with Gasteiger partial charge in [0.1, 0.15) is 5.58 Å². The summed E-state index contributed by atoms with van der Waals surface area (Å²) in [5.74, 6) is 0. The summed E-state index contributed by atoms with van der Waals surface area (Å²) >= 11 is 0. The van der Waals surface area contributed by atoms with E-state index in [0.29, 0.717) is 17.8 Å². The molecule has 0 aliphatic rings. The third kappa shape index (κ3) is 2.52. The van der Waals surface area contributed by atoms with Crippen LogP contribution in [0.1, 0.15) is 6.92 Å². The normalized spacial score (nSPS) is 10.2. The highest BCUT2D eigenvalue weighted by Crippen LogP contribution is 2.28. The van der Waals surface area contributed by atoms with Crippen LogP contribution in [0.15, 0.2) is 33.5 Å². The first-order valence-corrected chi connectivity index (χ1v) is 5.95. The smallest absolute Gasteiger partial charge is 0.362 e. The number of hydrogen-bond acceptors (Lipinski definition) is 4. The minimum absolute atomic E-state index is 0.111. The minimum Gasteiger partial charge on any atom is -0.421 e. The summed E-state index contributed by atoms with van der Waals surface area (Å²) in [6.07, 6.45) is 0. The van der Waals surface area contributed by atoms with Crippen molar-refractivity contribution in [1.82, 2.24) is 5.32 Å². The lowest BCUT2D eigenvalue weighted by molar-refractivity contribution is 0.254. The number of carbonyl (C=O) groups is 1. The average Bonchev–Trinajstić information content (AvgIpc) is 2.42. The lowest BCUT2D eigenvalue weighted by Gasteiger charge is -2.12. The molecule has 0 atom stereocenters. The van der Waals surface area contributed by atoms with Crippen molar-refractivity contribution in [1.29, 1.82) is 0 Å². The van der Waals surface area contributed by atoms with Gasteiger partial charge < -0.3 is 15.1 Å². The SMILES string of the molecule is CCNc1c(NC(=O)NC)c(=O)oc2ccccc12. The van der Waals surface area contributed by atoms with Gasteiger partial charge in [-0.05, 0) is 19.1 Å². The lowest BCUT2D eigenvalue weighted by atomic mass is 10.2. The molecule has 0 saturated heterocycles. The Labute approximate surface area is 109 Å². The van der Waals surface area contributed by atoms with Crippen LogP contribution in [0.2, 0.25) is 0 Å². The highest BCUT2D eigenvalue weighted by molar-refractivity contribution is 6.01. The molecule has 0 saturated carbocycles. The topological polar surface area (TPSA) is 83.4 Å². The Morgan fingerprint density at radius 1 is 1.26 bits per heavy atom. The Morgan fingerprint density at radius 2 is 2.00 bits per heavy atom. The fourth-order valence-electron chi connectivity index (χ4n) is 1.80. The number of fused-ring (bicyclic) bond motifs is 1. The third-order valence-electron chi connectivity index (χ3n) is 2.63. The second kappa shape index (κ2) is 5.43. The van der Waals surface area contributed by atoms with E-state index >= 15 is 0 Å². The first-order chi connectivity index (χ1) is 9.17. The van der Waals surface area contributed by atoms with Gasteiger partial charge in [0.2, 0.25) is 0 Å². The monoisotopic (exact) mass is 261 g/mol. The van der Waals surface area contributed by atoms with Gasteiger partial charge in [-0.3, -0.25) is 5.32 Å². The molecule has 0 unspecified atom stereocenters. The van der Waals surface area contributed by atoms with Gasteiger partial charge in [0.25, 0.3) is 0 Å². The molecule has 2 rings (SSSR count). The number of hydrogen-bond donors (Lipinski definition) is 3. The van der Waals surface area contributed by atoms with Crippen LogP contribution in [0.4, 0.5) is 16.2 Å². The molecule has 1 aromatic carbocycles. The van der Waals surface area contributed by atoms with E-state index in [1.165, 1.54) is 7.05 Å². The van der Waals surface area contributed by atoms with Crippen LogP contribution in [-0.4, -0.2) is 19.6 Å². The maximum Gasteiger partial charge on any atom is 0.362 e. The van der Waals surface area contributed by atoms with Gasteiger partial charge in [0.05, 0.1) is 5.69 Å². The molecule has 0 bridgehead atoms. The van der Waals surface area contributed by atoms with E-state index in [9.17, 15) is 9.59 Å². The molecule has 19 heavy (non-hydrogen) atoms. The highest BCUT2D eigenvalue weighted by atomic mass is 16.4. The van der Waals surface area contributed by atoms with Crippen LogP contribution < -0.4 is 21.6 Å². The van der Waals surface area contributed by atoms with Gasteiger partial charge in [0.15, 0.2) is 5.69 Å². The minimum atomic E-state index is -0.585. The molecule has 1 heterocycles. The van der Waals surface area contributed by atoms with Crippen molar-refractivity contribution in [3.05, 3.63) is 34.7 Å². The van der Waals surface area contributed by atoms with Crippen LogP contribution in [0, 0.1) is 0 Å². The first-order valence-electron chi connectivity index (χ1n) is 5.95. The molecule has 3 N–H and O–H groups in total. The Hall–Kier alpha value is -2.50. The van der Waals surface area contributed by atoms with E-state index in [0.717, 1.165) is 5.39 Å². The van der Waals surface area contributed by atoms with Crippen LogP contribution in [0.3, 0.4) is 0 Å². The number of carbonyl (C=O) groups excluding carboxylic acids is 1. The molecule has 0 fully saturated rings. The summed E-state index contributed by atoms with van der Waals surface area (Å²) in [6.45, 7) is 2.53. The van der Waals surface area contributed by atoms with Gasteiger partial charge >= 0.3 is 11.7 Å². The van der Waals surface area contributed by atoms with E-state index in [1.54, 1.807) is 12.1 Å². The second-order valence-corrected chi connectivity index (χ2v) is 3.87. The van der Waals surface area contributed by atoms with Crippen molar-refractivity contribution in [3.8, 4) is 0 Å². The summed E-state index contributed by atoms with van der Waals surface area (Å²) in [5.41, 5.74) is 0.571. The number of anilines is 2. The molecule has 6 heteroatoms. The number of nitrogens with one attached hydrogen (secondary N) is 3. The average molecular weight is 261 g/mol. The van der Waals surface area contributed by atoms with Crippen molar-refractivity contribution in [3.63, 3.8) is 0 Å². The molecule has 100 valence electrons. The molecule has 0 radical (unpaired) electrons. The van der Waals surface area contributed by atoms with E-state index < -0.39 is 11.7 Å². The van der Waals surface area contributed by atoms with Crippen molar-refractivity contribution in [2.24, 2.45) is 0 Å². The predicted octanol–water partition coefficient (Wildman–Crippen LogP) is 1.98. The fraction of sp³-hybridized carbons (Fsp3) is 0.231. The van der Waals surface area contributed by atoms with E-state index in [2.05, 4.69) is 16.0 Å². The Morgan fingerprint density at radius 3 is 2.68 bits per heavy atom. The molecule has 2 aromatic rings. The molecule has 6 nitrogen and oxygen atoms in total. The number of urea groups is 1. The molecule has 2 amide bonds. The van der Waals surface area contributed by atoms with Crippen molar-refractivity contribution in [2.75, 3.05) is 24.2 Å². The fourth-order valence-corrected chi connectivity index (χ4v) is 1.80. The predicted molar refractivity (Wildman–Crippen MR) is 74.7 cm³/mol. The van der Waals surface area contributed by atoms with Gasteiger partial charge in [-0.2, -0.15) is 0 Å². The van der Waals surface area contributed by atoms with Crippen molar-refractivity contribution in [2.45, 2.75) is 6.92 Å². The number of benzene rings is 1. The standard InChI is InChI=1S/C13H15N3O3/c1-3-15-10-8-6-4-5-7-9(8)19-12(17)11(10)16-13(18)14-2/h4-7,15H,3H2,1-2H3,(H2,14,16,18). The Balaban J connectivity index is 2.66. The molecule has 0 spiro atoms. The second-order valence-electron chi connectivity index (χ2n) is 3.87. The lowest BCUT2D eigenvalue weighted by Crippen LogP contribution is -2.28. The summed E-state index contributed by atoms with van der Waals surface area (Å²) in [4.78, 5) is 23.3. The number of para-hydroxylation sites is 1. The van der Waals surface area contributed by atoms with Gasteiger partial charge in [-0.15, -0.1) is 0 Å². The van der Waals surface area contributed by atoms with E-state index in [1.807, 2.05) is 19.1 Å². The summed E-state index contributed by atoms with van der Waals surface area (Å²) in [7, 11) is 1.48. The molecule has 0 aliphatic heterocycles. The van der Waals surface area contributed by atoms with Crippen LogP contribution in [0.25, 0.3) is 11.0 Å². The zero-order valence-corrected chi connectivity index (χ0v) is 10.7. The van der Waals surface area contributed by atoms with Crippen LogP contribution in [-0.2, 0) is 0 Å². The largest absolute Gasteiger partial charge is 0.421 e. The maximum atomic E-state index is 11.9. The van der Waals surface area contributed by atoms with Crippen LogP contribution in [0.5, 0.6) is 0 Å². The first kappa shape index (κ1) is 12.9. The van der Waals surface area contributed by atoms with E-state index in [4.69, 9.17) is 4.42 Å². The van der Waals surface area contributed by atoms with Crippen LogP contribution >= 0.6 is 0 Å². The summed E-state index contributed by atoms with van der Waals surface area (Å²) in [6, 6.07) is 6.69. The molecular weight excluding hydrogens is 246 g/mol. The van der Waals surface area contributed by atoms with Gasteiger partial charge in [0, 0.05) is 19.0 Å². The number of amides is 2. The molecule has 0 aliphatic carbocycles. The summed E-state index contributed by atoms with van der Waals surface area (Å²) < 4.78 is 5.19. The van der Waals surface area contributed by atoms with Crippen molar-refractivity contribution < 1.29 is 9.21 Å². The molecular formula is C13H15N3O3. The Bertz CT molecular complexity index is 664. The molecule has 1 aromatic heterocycles. The number of rotatable bonds is 3. The van der Waals surface area contributed by atoms with Crippen molar-refractivity contribution >= 4 is 28.4 Å². The quantitative estimate of drug-likeness (QED) is 0.738. The summed E-state index contributed by atoms with van der Waals surface area (Å²) in [5, 5.41) is 8.72. The maximum absolute atomic E-state index is 11.9. The van der Waals surface area contributed by atoms with E-state index in [-0.39, 0.29) is 5.69 Å². The zero-order valence-electron chi connectivity index (χ0n) is 10.7. The van der Waals surface area contributed by atoms with Gasteiger partial charge in [-0.25, -0.2) is 9.59 Å². The zero-order chi connectivity index (χ0) is 13.8. The third-order valence-corrected chi connectivity index (χ3v) is 2.63.